The summed E-state index contributed by atoms with van der Waals surface area (Å²) in [5.74, 6) is -0.697. The number of nitrogen functional groups attached to an aromatic ring is 1. The summed E-state index contributed by atoms with van der Waals surface area (Å²) in [5, 5.41) is 3.15. The molecule has 0 radical (unpaired) electrons. The zero-order chi connectivity index (χ0) is 28.8. The van der Waals surface area contributed by atoms with Crippen LogP contribution in [0.4, 0.5) is 11.4 Å². The van der Waals surface area contributed by atoms with E-state index >= 15 is 0 Å². The molecule has 40 heavy (non-hydrogen) atoms. The number of ether oxygens (including phenoxy) is 3. The molecule has 1 aliphatic carbocycles. The topological polar surface area (TPSA) is 159 Å². The molecular weight excluding hydrogens is 534 g/mol. The number of nitrogens with zero attached hydrogens (tertiary/aromatic N) is 2. The number of hydrogen-bond acceptors (Lipinski definition) is 9. The predicted molar refractivity (Wildman–Crippen MR) is 152 cm³/mol. The van der Waals surface area contributed by atoms with E-state index in [0.717, 1.165) is 43.6 Å². The number of amides is 3. The Kier molecular flexibility index (Phi) is 9.10. The summed E-state index contributed by atoms with van der Waals surface area (Å²) >= 11 is 0.739. The quantitative estimate of drug-likeness (QED) is 0.335. The Morgan fingerprint density at radius 1 is 0.975 bits per heavy atom. The molecule has 1 heterocycles. The zero-order valence-corrected chi connectivity index (χ0v) is 23.5. The monoisotopic (exact) mass is 567 g/mol. The highest BCUT2D eigenvalue weighted by molar-refractivity contribution is 7.09. The highest BCUT2D eigenvalue weighted by atomic mass is 32.1. The van der Waals surface area contributed by atoms with Crippen LogP contribution >= 0.6 is 11.5 Å². The van der Waals surface area contributed by atoms with E-state index in [-0.39, 0.29) is 22.3 Å². The molecule has 12 heteroatoms. The first-order chi connectivity index (χ1) is 19.3. The van der Waals surface area contributed by atoms with Crippen molar-refractivity contribution in [3.8, 4) is 17.2 Å². The molecule has 4 rings (SSSR count). The van der Waals surface area contributed by atoms with Gasteiger partial charge in [0.1, 0.15) is 16.7 Å². The lowest BCUT2D eigenvalue weighted by molar-refractivity contribution is -0.123. The molecule has 0 aliphatic heterocycles. The molecule has 5 N–H and O–H groups in total. The lowest BCUT2D eigenvalue weighted by atomic mass is 9.94. The van der Waals surface area contributed by atoms with Crippen LogP contribution < -0.4 is 35.9 Å². The highest BCUT2D eigenvalue weighted by Gasteiger charge is 2.38. The van der Waals surface area contributed by atoms with E-state index in [2.05, 4.69) is 9.69 Å². The molecule has 1 saturated carbocycles. The SMILES string of the molecule is COc1ccc(C(C(=O)NC2CCCCC2)N(C(=O)c2snc(C(N)=O)c2N)c2ccccc2OC)cc1OC. The van der Waals surface area contributed by atoms with Crippen LogP contribution in [-0.4, -0.2) is 49.5 Å². The van der Waals surface area contributed by atoms with Crippen LogP contribution in [0.2, 0.25) is 0 Å². The largest absolute Gasteiger partial charge is 0.495 e. The first kappa shape index (κ1) is 28.7. The van der Waals surface area contributed by atoms with Gasteiger partial charge in [0.25, 0.3) is 11.8 Å². The lowest BCUT2D eigenvalue weighted by Crippen LogP contribution is -2.47. The Labute approximate surface area is 236 Å². The average molecular weight is 568 g/mol. The number of aromatic nitrogens is 1. The molecule has 0 saturated heterocycles. The minimum absolute atomic E-state index is 0.0318. The Hall–Kier alpha value is -4.32. The second kappa shape index (κ2) is 12.7. The van der Waals surface area contributed by atoms with Crippen molar-refractivity contribution in [1.82, 2.24) is 9.69 Å². The van der Waals surface area contributed by atoms with Gasteiger partial charge in [0.15, 0.2) is 17.2 Å². The normalized spacial score (nSPS) is 14.2. The third kappa shape index (κ3) is 5.81. The Bertz CT molecular complexity index is 1390. The molecule has 1 aliphatic rings. The van der Waals surface area contributed by atoms with Crippen LogP contribution in [0.15, 0.2) is 42.5 Å². The number of hydrogen-bond donors (Lipinski definition) is 3. The Balaban J connectivity index is 1.92. The number of primary amides is 1. The molecule has 3 amide bonds. The van der Waals surface area contributed by atoms with Gasteiger partial charge in [0.2, 0.25) is 5.91 Å². The number of carbonyl (C=O) groups excluding carboxylic acids is 3. The van der Waals surface area contributed by atoms with Gasteiger partial charge in [-0.15, -0.1) is 0 Å². The smallest absolute Gasteiger partial charge is 0.273 e. The van der Waals surface area contributed by atoms with Crippen molar-refractivity contribution in [2.24, 2.45) is 5.73 Å². The number of nitrogens with two attached hydrogens (primary N) is 2. The van der Waals surface area contributed by atoms with E-state index in [1.165, 1.54) is 26.2 Å². The standard InChI is InChI=1S/C28H33N5O6S/c1-37-19-12-8-7-11-18(19)33(28(36)25-22(29)23(26(30)34)32-40-25)24(27(35)31-17-9-5-4-6-10-17)16-13-14-20(38-2)21(15-16)39-3/h7-8,11-15,17,24H,4-6,9-10,29H2,1-3H3,(H2,30,34)(H,31,35). The van der Waals surface area contributed by atoms with Crippen molar-refractivity contribution in [3.63, 3.8) is 0 Å². The summed E-state index contributed by atoms with van der Waals surface area (Å²) in [6.07, 6.45) is 4.82. The van der Waals surface area contributed by atoms with E-state index in [4.69, 9.17) is 25.7 Å². The summed E-state index contributed by atoms with van der Waals surface area (Å²) in [6, 6.07) is 10.7. The van der Waals surface area contributed by atoms with Crippen molar-refractivity contribution in [2.75, 3.05) is 32.0 Å². The molecule has 0 bridgehead atoms. The Morgan fingerprint density at radius 2 is 1.65 bits per heavy atom. The zero-order valence-electron chi connectivity index (χ0n) is 22.6. The van der Waals surface area contributed by atoms with Crippen LogP contribution in [0.5, 0.6) is 17.2 Å². The first-order valence-electron chi connectivity index (χ1n) is 12.8. The van der Waals surface area contributed by atoms with Crippen molar-refractivity contribution in [3.05, 3.63) is 58.6 Å². The minimum atomic E-state index is -1.18. The number of benzene rings is 2. The number of anilines is 2. The van der Waals surface area contributed by atoms with Gasteiger partial charge >= 0.3 is 0 Å². The first-order valence-corrected chi connectivity index (χ1v) is 13.6. The molecule has 1 fully saturated rings. The van der Waals surface area contributed by atoms with Crippen LogP contribution in [0, 0.1) is 0 Å². The number of methoxy groups -OCH3 is 3. The highest BCUT2D eigenvalue weighted by Crippen LogP contribution is 2.40. The van der Waals surface area contributed by atoms with Gasteiger partial charge < -0.3 is 31.0 Å². The molecule has 0 spiro atoms. The average Bonchev–Trinajstić information content (AvgIpc) is 3.37. The maximum Gasteiger partial charge on any atom is 0.273 e. The van der Waals surface area contributed by atoms with E-state index in [1.54, 1.807) is 42.5 Å². The maximum absolute atomic E-state index is 14.3. The third-order valence-electron chi connectivity index (χ3n) is 6.90. The lowest BCUT2D eigenvalue weighted by Gasteiger charge is -2.34. The molecule has 1 aromatic heterocycles. The number of nitrogens with one attached hydrogen (secondary N) is 1. The van der Waals surface area contributed by atoms with E-state index in [1.807, 2.05) is 0 Å². The third-order valence-corrected chi connectivity index (χ3v) is 7.75. The van der Waals surface area contributed by atoms with Crippen molar-refractivity contribution >= 4 is 40.6 Å². The van der Waals surface area contributed by atoms with Crippen molar-refractivity contribution in [2.45, 2.75) is 44.2 Å². The molecule has 212 valence electrons. The molecule has 11 nitrogen and oxygen atoms in total. The minimum Gasteiger partial charge on any atom is -0.495 e. The van der Waals surface area contributed by atoms with Crippen LogP contribution in [-0.2, 0) is 4.79 Å². The molecule has 1 unspecified atom stereocenters. The van der Waals surface area contributed by atoms with Crippen molar-refractivity contribution < 1.29 is 28.6 Å². The molecule has 3 aromatic rings. The summed E-state index contributed by atoms with van der Waals surface area (Å²) in [7, 11) is 4.48. The predicted octanol–water partition coefficient (Wildman–Crippen LogP) is 3.69. The fraction of sp³-hybridized carbons (Fsp3) is 0.357. The summed E-state index contributed by atoms with van der Waals surface area (Å²) < 4.78 is 20.5. The van der Waals surface area contributed by atoms with Crippen molar-refractivity contribution in [1.29, 1.82) is 0 Å². The van der Waals surface area contributed by atoms with Gasteiger partial charge in [-0.25, -0.2) is 0 Å². The second-order valence-corrected chi connectivity index (χ2v) is 10.1. The van der Waals surface area contributed by atoms with Gasteiger partial charge in [0.05, 0.1) is 32.7 Å². The van der Waals surface area contributed by atoms with Gasteiger partial charge in [0, 0.05) is 6.04 Å². The fourth-order valence-corrected chi connectivity index (χ4v) is 5.64. The summed E-state index contributed by atoms with van der Waals surface area (Å²) in [6.45, 7) is 0. The second-order valence-electron chi connectivity index (χ2n) is 9.35. The van der Waals surface area contributed by atoms with E-state index in [0.29, 0.717) is 28.5 Å². The number of para-hydroxylation sites is 2. The van der Waals surface area contributed by atoms with Gasteiger partial charge in [-0.2, -0.15) is 4.37 Å². The van der Waals surface area contributed by atoms with E-state index in [9.17, 15) is 14.4 Å². The summed E-state index contributed by atoms with van der Waals surface area (Å²) in [4.78, 5) is 41.7. The van der Waals surface area contributed by atoms with Gasteiger partial charge in [-0.05, 0) is 54.2 Å². The summed E-state index contributed by atoms with van der Waals surface area (Å²) in [5.41, 5.74) is 12.0. The fourth-order valence-electron chi connectivity index (χ4n) is 4.90. The van der Waals surface area contributed by atoms with Gasteiger partial charge in [-0.3, -0.25) is 19.3 Å². The molecular formula is C28H33N5O6S. The number of rotatable bonds is 10. The molecule has 2 aromatic carbocycles. The van der Waals surface area contributed by atoms with Crippen LogP contribution in [0.3, 0.4) is 0 Å². The van der Waals surface area contributed by atoms with Crippen LogP contribution in [0.25, 0.3) is 0 Å². The Morgan fingerprint density at radius 3 is 2.27 bits per heavy atom. The van der Waals surface area contributed by atoms with Crippen LogP contribution in [0.1, 0.15) is 63.9 Å². The molecule has 1 atom stereocenters. The number of carbonyl (C=O) groups is 3. The maximum atomic E-state index is 14.3. The van der Waals surface area contributed by atoms with E-state index < -0.39 is 23.8 Å². The van der Waals surface area contributed by atoms with Gasteiger partial charge in [-0.1, -0.05) is 37.5 Å².